The minimum absolute atomic E-state index is 0.0119. The number of aliphatic carboxylic acids is 1. The van der Waals surface area contributed by atoms with Gasteiger partial charge in [-0.15, -0.1) is 0 Å². The van der Waals surface area contributed by atoms with E-state index in [9.17, 15) is 4.79 Å². The first kappa shape index (κ1) is 9.39. The van der Waals surface area contributed by atoms with Gasteiger partial charge in [-0.2, -0.15) is 0 Å². The van der Waals surface area contributed by atoms with Gasteiger partial charge in [0.05, 0.1) is 23.7 Å². The number of hydrogen-bond acceptors (Lipinski definition) is 4. The molecular formula is C10H9N3O2. The lowest BCUT2D eigenvalue weighted by molar-refractivity contribution is -0.136. The average Bonchev–Trinajstić information content (AvgIpc) is 2.17. The molecule has 0 aliphatic carbocycles. The highest BCUT2D eigenvalue weighted by molar-refractivity contribution is 5.78. The van der Waals surface area contributed by atoms with Gasteiger partial charge >= 0.3 is 5.97 Å². The van der Waals surface area contributed by atoms with E-state index < -0.39 is 5.97 Å². The molecule has 0 unspecified atom stereocenters. The van der Waals surface area contributed by atoms with Gasteiger partial charge in [0.1, 0.15) is 5.82 Å². The molecule has 1 aromatic carbocycles. The first-order chi connectivity index (χ1) is 7.15. The zero-order valence-electron chi connectivity index (χ0n) is 7.84. The van der Waals surface area contributed by atoms with E-state index >= 15 is 0 Å². The average molecular weight is 203 g/mol. The summed E-state index contributed by atoms with van der Waals surface area (Å²) in [5, 5.41) is 8.63. The summed E-state index contributed by atoms with van der Waals surface area (Å²) in [6, 6.07) is 5.14. The molecule has 1 aromatic heterocycles. The third kappa shape index (κ3) is 2.01. The van der Waals surface area contributed by atoms with Crippen molar-refractivity contribution in [2.75, 3.05) is 5.73 Å². The smallest absolute Gasteiger partial charge is 0.307 e. The molecule has 0 fully saturated rings. The lowest BCUT2D eigenvalue weighted by Gasteiger charge is -2.00. The molecule has 0 radical (unpaired) electrons. The van der Waals surface area contributed by atoms with Gasteiger partial charge in [-0.1, -0.05) is 6.07 Å². The Morgan fingerprint density at radius 1 is 1.40 bits per heavy atom. The van der Waals surface area contributed by atoms with Crippen molar-refractivity contribution in [2.24, 2.45) is 0 Å². The monoisotopic (exact) mass is 203 g/mol. The van der Waals surface area contributed by atoms with Crippen LogP contribution in [0.1, 0.15) is 5.56 Å². The number of nitrogens with zero attached hydrogens (tertiary/aromatic N) is 2. The predicted molar refractivity (Wildman–Crippen MR) is 55.3 cm³/mol. The zero-order chi connectivity index (χ0) is 10.8. The maximum Gasteiger partial charge on any atom is 0.307 e. The van der Waals surface area contributed by atoms with Crippen molar-refractivity contribution in [1.29, 1.82) is 0 Å². The molecule has 0 amide bonds. The Morgan fingerprint density at radius 2 is 2.20 bits per heavy atom. The van der Waals surface area contributed by atoms with E-state index in [-0.39, 0.29) is 6.42 Å². The van der Waals surface area contributed by atoms with Crippen molar-refractivity contribution in [3.63, 3.8) is 0 Å². The highest BCUT2D eigenvalue weighted by Crippen LogP contribution is 2.13. The van der Waals surface area contributed by atoms with Gasteiger partial charge in [0.15, 0.2) is 0 Å². The SMILES string of the molecule is Nc1cnc2cc(CC(=O)O)ccc2n1. The maximum absolute atomic E-state index is 10.5. The topological polar surface area (TPSA) is 89.1 Å². The predicted octanol–water partition coefficient (Wildman–Crippen LogP) is 0.839. The van der Waals surface area contributed by atoms with Crippen LogP contribution < -0.4 is 5.73 Å². The van der Waals surface area contributed by atoms with E-state index in [1.807, 2.05) is 0 Å². The van der Waals surface area contributed by atoms with Crippen molar-refractivity contribution in [3.05, 3.63) is 30.0 Å². The Hall–Kier alpha value is -2.17. The number of fused-ring (bicyclic) bond motifs is 1. The lowest BCUT2D eigenvalue weighted by Crippen LogP contribution is -2.00. The maximum atomic E-state index is 10.5. The number of benzene rings is 1. The second-order valence-electron chi connectivity index (χ2n) is 3.19. The largest absolute Gasteiger partial charge is 0.481 e. The molecule has 2 rings (SSSR count). The van der Waals surface area contributed by atoms with Gasteiger partial charge in [-0.3, -0.25) is 9.78 Å². The van der Waals surface area contributed by atoms with Crippen LogP contribution in [0.25, 0.3) is 11.0 Å². The number of hydrogen-bond donors (Lipinski definition) is 2. The summed E-state index contributed by atoms with van der Waals surface area (Å²) in [5.74, 6) is -0.508. The summed E-state index contributed by atoms with van der Waals surface area (Å²) in [4.78, 5) is 18.6. The van der Waals surface area contributed by atoms with E-state index in [4.69, 9.17) is 10.8 Å². The van der Waals surface area contributed by atoms with Crippen LogP contribution in [-0.4, -0.2) is 21.0 Å². The normalized spacial score (nSPS) is 10.4. The molecular weight excluding hydrogens is 194 g/mol. The second-order valence-corrected chi connectivity index (χ2v) is 3.19. The molecule has 15 heavy (non-hydrogen) atoms. The van der Waals surface area contributed by atoms with Crippen LogP contribution in [-0.2, 0) is 11.2 Å². The van der Waals surface area contributed by atoms with Crippen molar-refractivity contribution in [2.45, 2.75) is 6.42 Å². The number of anilines is 1. The van der Waals surface area contributed by atoms with Crippen molar-refractivity contribution in [1.82, 2.24) is 9.97 Å². The van der Waals surface area contributed by atoms with Crippen molar-refractivity contribution < 1.29 is 9.90 Å². The Balaban J connectivity index is 2.47. The number of rotatable bonds is 2. The molecule has 3 N–H and O–H groups in total. The first-order valence-corrected chi connectivity index (χ1v) is 4.38. The van der Waals surface area contributed by atoms with Crippen LogP contribution >= 0.6 is 0 Å². The number of nitrogen functional groups attached to an aromatic ring is 1. The Labute approximate surface area is 85.6 Å². The van der Waals surface area contributed by atoms with Crippen molar-refractivity contribution >= 4 is 22.8 Å². The standard InChI is InChI=1S/C10H9N3O2/c11-9-5-12-8-3-6(4-10(14)15)1-2-7(8)13-9/h1-3,5H,4H2,(H2,11,13)(H,14,15). The van der Waals surface area contributed by atoms with Gasteiger partial charge in [0, 0.05) is 0 Å². The zero-order valence-corrected chi connectivity index (χ0v) is 7.84. The minimum atomic E-state index is -0.863. The molecule has 0 saturated carbocycles. The third-order valence-electron chi connectivity index (χ3n) is 1.98. The molecule has 76 valence electrons. The molecule has 5 nitrogen and oxygen atoms in total. The van der Waals surface area contributed by atoms with Gasteiger partial charge in [-0.05, 0) is 17.7 Å². The number of nitrogens with two attached hydrogens (primary N) is 1. The third-order valence-corrected chi connectivity index (χ3v) is 1.98. The minimum Gasteiger partial charge on any atom is -0.481 e. The first-order valence-electron chi connectivity index (χ1n) is 4.38. The molecule has 2 aromatic rings. The van der Waals surface area contributed by atoms with E-state index in [0.29, 0.717) is 22.4 Å². The van der Waals surface area contributed by atoms with E-state index in [1.165, 1.54) is 6.20 Å². The Kier molecular flexibility index (Phi) is 2.21. The van der Waals surface area contributed by atoms with Gasteiger partial charge in [-0.25, -0.2) is 4.98 Å². The van der Waals surface area contributed by atoms with E-state index in [0.717, 1.165) is 0 Å². The van der Waals surface area contributed by atoms with E-state index in [1.54, 1.807) is 18.2 Å². The van der Waals surface area contributed by atoms with Crippen LogP contribution in [0.2, 0.25) is 0 Å². The second kappa shape index (κ2) is 3.53. The highest BCUT2D eigenvalue weighted by atomic mass is 16.4. The molecule has 0 aliphatic heterocycles. The summed E-state index contributed by atoms with van der Waals surface area (Å²) in [5.41, 5.74) is 7.50. The number of carboxylic acid groups (broad SMARTS) is 1. The molecule has 0 atom stereocenters. The van der Waals surface area contributed by atoms with E-state index in [2.05, 4.69) is 9.97 Å². The lowest BCUT2D eigenvalue weighted by atomic mass is 10.1. The molecule has 5 heteroatoms. The molecule has 0 spiro atoms. The van der Waals surface area contributed by atoms with Crippen LogP contribution in [0.5, 0.6) is 0 Å². The van der Waals surface area contributed by atoms with Crippen LogP contribution in [0, 0.1) is 0 Å². The summed E-state index contributed by atoms with van der Waals surface area (Å²) in [7, 11) is 0. The van der Waals surface area contributed by atoms with Gasteiger partial charge < -0.3 is 10.8 Å². The van der Waals surface area contributed by atoms with Gasteiger partial charge in [0.2, 0.25) is 0 Å². The Morgan fingerprint density at radius 3 is 2.93 bits per heavy atom. The number of carboxylic acids is 1. The van der Waals surface area contributed by atoms with Crippen LogP contribution in [0.4, 0.5) is 5.82 Å². The molecule has 0 aliphatic rings. The molecule has 1 heterocycles. The quantitative estimate of drug-likeness (QED) is 0.754. The number of carbonyl (C=O) groups is 1. The fourth-order valence-electron chi connectivity index (χ4n) is 1.36. The van der Waals surface area contributed by atoms with Crippen LogP contribution in [0.15, 0.2) is 24.4 Å². The summed E-state index contributed by atoms with van der Waals surface area (Å²) in [6.07, 6.45) is 1.44. The summed E-state index contributed by atoms with van der Waals surface area (Å²) >= 11 is 0. The summed E-state index contributed by atoms with van der Waals surface area (Å²) in [6.45, 7) is 0. The van der Waals surface area contributed by atoms with Crippen LogP contribution in [0.3, 0.4) is 0 Å². The molecule has 0 saturated heterocycles. The summed E-state index contributed by atoms with van der Waals surface area (Å²) < 4.78 is 0. The fraction of sp³-hybridized carbons (Fsp3) is 0.100. The number of aromatic nitrogens is 2. The fourth-order valence-corrected chi connectivity index (χ4v) is 1.36. The Bertz CT molecular complexity index is 525. The highest BCUT2D eigenvalue weighted by Gasteiger charge is 2.03. The van der Waals surface area contributed by atoms with Crippen molar-refractivity contribution in [3.8, 4) is 0 Å². The van der Waals surface area contributed by atoms with Gasteiger partial charge in [0.25, 0.3) is 0 Å². The molecule has 0 bridgehead atoms.